The minimum atomic E-state index is 0. The standard InChI is InChI=1S/C6H11N.Ni/c1-3-5-7-6-4-2;/h3-4,7H,1-2,5-6H2;. The summed E-state index contributed by atoms with van der Waals surface area (Å²) in [6.45, 7) is 8.81. The molecule has 0 saturated heterocycles. The van der Waals surface area contributed by atoms with Crippen molar-refractivity contribution in [2.45, 2.75) is 0 Å². The zero-order valence-electron chi connectivity index (χ0n) is 4.80. The van der Waals surface area contributed by atoms with Gasteiger partial charge in [-0.15, -0.1) is 13.2 Å². The molecule has 2 heteroatoms. The minimum absolute atomic E-state index is 0. The molecule has 0 bridgehead atoms. The Balaban J connectivity index is 0. The Morgan fingerprint density at radius 3 is 1.75 bits per heavy atom. The second kappa shape index (κ2) is 10.0. The van der Waals surface area contributed by atoms with Crippen molar-refractivity contribution in [3.63, 3.8) is 0 Å². The molecule has 0 amide bonds. The van der Waals surface area contributed by atoms with Crippen molar-refractivity contribution in [2.24, 2.45) is 0 Å². The van der Waals surface area contributed by atoms with Crippen molar-refractivity contribution < 1.29 is 16.5 Å². The molecule has 8 heavy (non-hydrogen) atoms. The van der Waals surface area contributed by atoms with E-state index in [-0.39, 0.29) is 16.5 Å². The first-order valence-electron chi connectivity index (χ1n) is 2.34. The van der Waals surface area contributed by atoms with Crippen LogP contribution in [0.25, 0.3) is 0 Å². The third kappa shape index (κ3) is 9.33. The first kappa shape index (κ1) is 10.8. The quantitative estimate of drug-likeness (QED) is 0.362. The Kier molecular flexibility index (Phi) is 13.6. The second-order valence-electron chi connectivity index (χ2n) is 1.24. The summed E-state index contributed by atoms with van der Waals surface area (Å²) in [6.07, 6.45) is 3.65. The van der Waals surface area contributed by atoms with Crippen molar-refractivity contribution in [1.82, 2.24) is 5.32 Å². The molecule has 0 rings (SSSR count). The predicted molar refractivity (Wildman–Crippen MR) is 33.3 cm³/mol. The topological polar surface area (TPSA) is 12.0 Å². The van der Waals surface area contributed by atoms with Crippen molar-refractivity contribution in [1.29, 1.82) is 0 Å². The molecule has 0 aromatic carbocycles. The fourth-order valence-corrected chi connectivity index (χ4v) is 0.287. The van der Waals surface area contributed by atoms with E-state index in [0.29, 0.717) is 0 Å². The second-order valence-corrected chi connectivity index (χ2v) is 1.24. The van der Waals surface area contributed by atoms with Crippen LogP contribution in [-0.4, -0.2) is 13.1 Å². The molecule has 50 valence electrons. The van der Waals surface area contributed by atoms with Gasteiger partial charge in [-0.25, -0.2) is 0 Å². The van der Waals surface area contributed by atoms with Gasteiger partial charge in [0.15, 0.2) is 0 Å². The van der Waals surface area contributed by atoms with Crippen LogP contribution in [0.15, 0.2) is 25.3 Å². The van der Waals surface area contributed by atoms with Gasteiger partial charge in [-0.1, -0.05) is 12.2 Å². The molecular formula is C6H11NNi. The van der Waals surface area contributed by atoms with Crippen LogP contribution in [0.1, 0.15) is 0 Å². The van der Waals surface area contributed by atoms with Gasteiger partial charge in [-0.05, 0) is 0 Å². The van der Waals surface area contributed by atoms with Crippen LogP contribution in [-0.2, 0) is 16.5 Å². The average molecular weight is 156 g/mol. The maximum absolute atomic E-state index is 3.54. The van der Waals surface area contributed by atoms with E-state index in [1.54, 1.807) is 0 Å². The minimum Gasteiger partial charge on any atom is -0.310 e. The van der Waals surface area contributed by atoms with Crippen LogP contribution in [0.4, 0.5) is 0 Å². The molecule has 0 aromatic rings. The molecule has 0 saturated carbocycles. The predicted octanol–water partition coefficient (Wildman–Crippen LogP) is 0.946. The third-order valence-corrected chi connectivity index (χ3v) is 0.577. The van der Waals surface area contributed by atoms with Gasteiger partial charge >= 0.3 is 0 Å². The first-order valence-corrected chi connectivity index (χ1v) is 2.34. The van der Waals surface area contributed by atoms with Gasteiger partial charge in [-0.2, -0.15) is 0 Å². The maximum atomic E-state index is 3.54. The zero-order chi connectivity index (χ0) is 5.54. The van der Waals surface area contributed by atoms with Crippen molar-refractivity contribution in [2.75, 3.05) is 13.1 Å². The Bertz CT molecular complexity index is 53.5. The van der Waals surface area contributed by atoms with E-state index in [9.17, 15) is 0 Å². The summed E-state index contributed by atoms with van der Waals surface area (Å²) in [7, 11) is 0. The largest absolute Gasteiger partial charge is 0.310 e. The molecule has 0 atom stereocenters. The molecule has 0 unspecified atom stereocenters. The number of hydrogen-bond acceptors (Lipinski definition) is 1. The average Bonchev–Trinajstić information content (AvgIpc) is 1.69. The van der Waals surface area contributed by atoms with Crippen LogP contribution in [0.2, 0.25) is 0 Å². The van der Waals surface area contributed by atoms with Gasteiger partial charge in [0.05, 0.1) is 0 Å². The monoisotopic (exact) mass is 155 g/mol. The van der Waals surface area contributed by atoms with Gasteiger partial charge in [-0.3, -0.25) is 0 Å². The summed E-state index contributed by atoms with van der Waals surface area (Å²) in [6, 6.07) is 0. The van der Waals surface area contributed by atoms with E-state index in [1.807, 2.05) is 12.2 Å². The Morgan fingerprint density at radius 2 is 1.50 bits per heavy atom. The Morgan fingerprint density at radius 1 is 1.12 bits per heavy atom. The first-order chi connectivity index (χ1) is 3.41. The van der Waals surface area contributed by atoms with Crippen molar-refractivity contribution >= 4 is 0 Å². The summed E-state index contributed by atoms with van der Waals surface area (Å²) in [5.41, 5.74) is 0. The van der Waals surface area contributed by atoms with E-state index in [0.717, 1.165) is 13.1 Å². The normalized spacial score (nSPS) is 7.00. The van der Waals surface area contributed by atoms with E-state index in [4.69, 9.17) is 0 Å². The van der Waals surface area contributed by atoms with E-state index in [1.165, 1.54) is 0 Å². The summed E-state index contributed by atoms with van der Waals surface area (Å²) in [4.78, 5) is 0. The van der Waals surface area contributed by atoms with E-state index >= 15 is 0 Å². The zero-order valence-corrected chi connectivity index (χ0v) is 5.79. The van der Waals surface area contributed by atoms with E-state index in [2.05, 4.69) is 18.5 Å². The summed E-state index contributed by atoms with van der Waals surface area (Å²) in [5.74, 6) is 0. The molecule has 0 heterocycles. The van der Waals surface area contributed by atoms with Gasteiger partial charge in [0.2, 0.25) is 0 Å². The van der Waals surface area contributed by atoms with Gasteiger partial charge in [0, 0.05) is 29.6 Å². The third-order valence-electron chi connectivity index (χ3n) is 0.577. The molecule has 1 nitrogen and oxygen atoms in total. The van der Waals surface area contributed by atoms with Gasteiger partial charge < -0.3 is 5.32 Å². The molecule has 0 aliphatic carbocycles. The summed E-state index contributed by atoms with van der Waals surface area (Å²) >= 11 is 0. The summed E-state index contributed by atoms with van der Waals surface area (Å²) in [5, 5.41) is 3.05. The molecule has 0 spiro atoms. The molecule has 0 radical (unpaired) electrons. The Labute approximate surface area is 60.8 Å². The number of nitrogens with one attached hydrogen (secondary N) is 1. The SMILES string of the molecule is C=CCNCC=C.[Ni]. The van der Waals surface area contributed by atoms with Crippen molar-refractivity contribution in [3.8, 4) is 0 Å². The smallest absolute Gasteiger partial charge is 0.0135 e. The molecular weight excluding hydrogens is 145 g/mol. The number of rotatable bonds is 4. The molecule has 1 N–H and O–H groups in total. The van der Waals surface area contributed by atoms with Crippen LogP contribution < -0.4 is 5.32 Å². The fourth-order valence-electron chi connectivity index (χ4n) is 0.287. The van der Waals surface area contributed by atoms with Crippen molar-refractivity contribution in [3.05, 3.63) is 25.3 Å². The fraction of sp³-hybridized carbons (Fsp3) is 0.333. The molecule has 0 aromatic heterocycles. The molecule has 0 fully saturated rings. The maximum Gasteiger partial charge on any atom is 0.0135 e. The van der Waals surface area contributed by atoms with E-state index < -0.39 is 0 Å². The van der Waals surface area contributed by atoms with Gasteiger partial charge in [0.25, 0.3) is 0 Å². The van der Waals surface area contributed by atoms with Crippen LogP contribution in [0.3, 0.4) is 0 Å². The van der Waals surface area contributed by atoms with Crippen LogP contribution in [0.5, 0.6) is 0 Å². The van der Waals surface area contributed by atoms with Gasteiger partial charge in [0.1, 0.15) is 0 Å². The molecule has 0 aliphatic rings. The summed E-state index contributed by atoms with van der Waals surface area (Å²) < 4.78 is 0. The molecule has 0 aliphatic heterocycles. The Hall–Kier alpha value is -0.0665. The number of hydrogen-bond donors (Lipinski definition) is 1. The van der Waals surface area contributed by atoms with Crippen LogP contribution >= 0.6 is 0 Å². The van der Waals surface area contributed by atoms with Crippen LogP contribution in [0, 0.1) is 0 Å².